The molecular weight excluding hydrogens is 248 g/mol. The minimum atomic E-state index is -0.661. The van der Waals surface area contributed by atoms with Crippen LogP contribution in [-0.2, 0) is 14.3 Å². The van der Waals surface area contributed by atoms with E-state index >= 15 is 0 Å². The molecule has 6 heteroatoms. The fourth-order valence-corrected chi connectivity index (χ4v) is 1.90. The number of ether oxygens (including phenoxy) is 2. The highest BCUT2D eigenvalue weighted by Gasteiger charge is 2.43. The normalized spacial score (nSPS) is 19.4. The zero-order chi connectivity index (χ0) is 14.8. The molecule has 0 aromatic carbocycles. The molecule has 1 aliphatic heterocycles. The Balaban J connectivity index is 2.44. The Morgan fingerprint density at radius 2 is 1.79 bits per heavy atom. The van der Waals surface area contributed by atoms with Crippen molar-refractivity contribution in [2.45, 2.75) is 45.3 Å². The zero-order valence-corrected chi connectivity index (χ0v) is 12.4. The Morgan fingerprint density at radius 3 is 2.21 bits per heavy atom. The molecule has 1 heterocycles. The molecule has 0 aliphatic carbocycles. The summed E-state index contributed by atoms with van der Waals surface area (Å²) in [5.41, 5.74) is 4.95. The van der Waals surface area contributed by atoms with Gasteiger partial charge in [0.2, 0.25) is 0 Å². The van der Waals surface area contributed by atoms with Crippen molar-refractivity contribution in [2.24, 2.45) is 11.7 Å². The molecule has 19 heavy (non-hydrogen) atoms. The summed E-state index contributed by atoms with van der Waals surface area (Å²) in [6, 6.07) is 0. The summed E-state index contributed by atoms with van der Waals surface area (Å²) in [6.45, 7) is 8.31. The third-order valence-electron chi connectivity index (χ3n) is 3.22. The molecule has 110 valence electrons. The van der Waals surface area contributed by atoms with E-state index in [0.717, 1.165) is 0 Å². The number of rotatable bonds is 3. The summed E-state index contributed by atoms with van der Waals surface area (Å²) < 4.78 is 9.88. The average molecular weight is 272 g/mol. The van der Waals surface area contributed by atoms with E-state index in [1.165, 1.54) is 7.11 Å². The second-order valence-electron chi connectivity index (χ2n) is 6.34. The van der Waals surface area contributed by atoms with Crippen molar-refractivity contribution in [3.8, 4) is 0 Å². The molecule has 0 aromatic rings. The minimum Gasteiger partial charge on any atom is -0.469 e. The number of carbonyl (C=O) groups excluding carboxylic acids is 2. The molecule has 1 atom stereocenters. The van der Waals surface area contributed by atoms with Gasteiger partial charge in [-0.15, -0.1) is 0 Å². The van der Waals surface area contributed by atoms with Crippen LogP contribution >= 0.6 is 0 Å². The van der Waals surface area contributed by atoms with Gasteiger partial charge in [-0.25, -0.2) is 4.79 Å². The molecule has 0 aromatic heterocycles. The van der Waals surface area contributed by atoms with Crippen LogP contribution in [0.3, 0.4) is 0 Å². The van der Waals surface area contributed by atoms with Gasteiger partial charge in [-0.3, -0.25) is 4.79 Å². The highest BCUT2D eigenvalue weighted by atomic mass is 16.6. The SMILES string of the molecule is COC(=O)CC(C)(N)C1CN(C(=O)OC(C)(C)C)C1. The van der Waals surface area contributed by atoms with E-state index in [1.807, 2.05) is 20.8 Å². The van der Waals surface area contributed by atoms with Crippen LogP contribution in [0.25, 0.3) is 0 Å². The number of amides is 1. The predicted octanol–water partition coefficient (Wildman–Crippen LogP) is 1.13. The Morgan fingerprint density at radius 1 is 1.26 bits per heavy atom. The van der Waals surface area contributed by atoms with Gasteiger partial charge in [0.1, 0.15) is 5.60 Å². The number of esters is 1. The quantitative estimate of drug-likeness (QED) is 0.779. The highest BCUT2D eigenvalue weighted by molar-refractivity contribution is 5.71. The number of hydrogen-bond acceptors (Lipinski definition) is 5. The number of carbonyl (C=O) groups is 2. The fraction of sp³-hybridized carbons (Fsp3) is 0.846. The lowest BCUT2D eigenvalue weighted by Crippen LogP contribution is -2.63. The summed E-state index contributed by atoms with van der Waals surface area (Å²) in [5, 5.41) is 0. The predicted molar refractivity (Wildman–Crippen MR) is 70.5 cm³/mol. The van der Waals surface area contributed by atoms with Gasteiger partial charge in [-0.05, 0) is 27.7 Å². The third kappa shape index (κ3) is 4.38. The maximum atomic E-state index is 11.8. The lowest BCUT2D eigenvalue weighted by molar-refractivity contribution is -0.143. The average Bonchev–Trinajstić information content (AvgIpc) is 2.10. The first kappa shape index (κ1) is 15.8. The summed E-state index contributed by atoms with van der Waals surface area (Å²) in [6.07, 6.45) is -0.186. The van der Waals surface area contributed by atoms with Crippen LogP contribution in [0.4, 0.5) is 4.79 Å². The molecule has 6 nitrogen and oxygen atoms in total. The summed E-state index contributed by atoms with van der Waals surface area (Å²) >= 11 is 0. The van der Waals surface area contributed by atoms with E-state index in [-0.39, 0.29) is 24.4 Å². The van der Waals surface area contributed by atoms with Gasteiger partial charge in [-0.1, -0.05) is 0 Å². The number of hydrogen-bond donors (Lipinski definition) is 1. The fourth-order valence-electron chi connectivity index (χ4n) is 1.90. The van der Waals surface area contributed by atoms with Crippen LogP contribution in [-0.4, -0.2) is 48.3 Å². The number of nitrogens with two attached hydrogens (primary N) is 1. The molecule has 0 radical (unpaired) electrons. The number of methoxy groups -OCH3 is 1. The molecule has 1 amide bonds. The highest BCUT2D eigenvalue weighted by Crippen LogP contribution is 2.29. The van der Waals surface area contributed by atoms with E-state index in [9.17, 15) is 9.59 Å². The number of nitrogens with zero attached hydrogens (tertiary/aromatic N) is 1. The number of likely N-dealkylation sites (tertiary alicyclic amines) is 1. The molecule has 0 bridgehead atoms. The zero-order valence-electron chi connectivity index (χ0n) is 12.4. The smallest absolute Gasteiger partial charge is 0.410 e. The first-order chi connectivity index (χ1) is 8.55. The lowest BCUT2D eigenvalue weighted by atomic mass is 9.79. The van der Waals surface area contributed by atoms with E-state index in [1.54, 1.807) is 11.8 Å². The van der Waals surface area contributed by atoms with Gasteiger partial charge in [0, 0.05) is 24.5 Å². The van der Waals surface area contributed by atoms with Gasteiger partial charge >= 0.3 is 12.1 Å². The first-order valence-electron chi connectivity index (χ1n) is 6.39. The second kappa shape index (κ2) is 5.36. The molecule has 2 N–H and O–H groups in total. The van der Waals surface area contributed by atoms with Crippen molar-refractivity contribution in [3.63, 3.8) is 0 Å². The van der Waals surface area contributed by atoms with Crippen molar-refractivity contribution >= 4 is 12.1 Å². The van der Waals surface area contributed by atoms with E-state index in [0.29, 0.717) is 13.1 Å². The maximum Gasteiger partial charge on any atom is 0.410 e. The lowest BCUT2D eigenvalue weighted by Gasteiger charge is -2.46. The molecule has 1 rings (SSSR count). The second-order valence-corrected chi connectivity index (χ2v) is 6.34. The van der Waals surface area contributed by atoms with Crippen LogP contribution in [0, 0.1) is 5.92 Å². The van der Waals surface area contributed by atoms with E-state index in [4.69, 9.17) is 10.5 Å². The van der Waals surface area contributed by atoms with Crippen LogP contribution in [0.5, 0.6) is 0 Å². The van der Waals surface area contributed by atoms with E-state index in [2.05, 4.69) is 4.74 Å². The largest absolute Gasteiger partial charge is 0.469 e. The summed E-state index contributed by atoms with van der Waals surface area (Å²) in [5.74, 6) is -0.250. The van der Waals surface area contributed by atoms with Gasteiger partial charge in [0.05, 0.1) is 13.5 Å². The van der Waals surface area contributed by atoms with Crippen molar-refractivity contribution in [1.29, 1.82) is 0 Å². The Labute approximate surface area is 114 Å². The Kier molecular flexibility index (Phi) is 4.45. The Bertz CT molecular complexity index is 354. The van der Waals surface area contributed by atoms with Crippen molar-refractivity contribution in [1.82, 2.24) is 4.90 Å². The van der Waals surface area contributed by atoms with Gasteiger partial charge in [0.25, 0.3) is 0 Å². The molecular formula is C13H24N2O4. The standard InChI is InChI=1S/C13H24N2O4/c1-12(2,3)19-11(17)15-7-9(8-15)13(4,14)6-10(16)18-5/h9H,6-8,14H2,1-5H3. The molecule has 1 saturated heterocycles. The van der Waals surface area contributed by atoms with Gasteiger partial charge < -0.3 is 20.1 Å². The summed E-state index contributed by atoms with van der Waals surface area (Å²) in [7, 11) is 1.34. The maximum absolute atomic E-state index is 11.8. The summed E-state index contributed by atoms with van der Waals surface area (Å²) in [4.78, 5) is 24.6. The third-order valence-corrected chi connectivity index (χ3v) is 3.22. The molecule has 1 unspecified atom stereocenters. The Hall–Kier alpha value is -1.30. The van der Waals surface area contributed by atoms with Crippen LogP contribution in [0.15, 0.2) is 0 Å². The molecule has 0 spiro atoms. The topological polar surface area (TPSA) is 81.9 Å². The molecule has 1 fully saturated rings. The first-order valence-corrected chi connectivity index (χ1v) is 6.39. The van der Waals surface area contributed by atoms with Gasteiger partial charge in [0.15, 0.2) is 0 Å². The van der Waals surface area contributed by atoms with Crippen LogP contribution < -0.4 is 5.73 Å². The van der Waals surface area contributed by atoms with Crippen molar-refractivity contribution in [3.05, 3.63) is 0 Å². The van der Waals surface area contributed by atoms with Crippen molar-refractivity contribution < 1.29 is 19.1 Å². The van der Waals surface area contributed by atoms with E-state index < -0.39 is 11.1 Å². The minimum absolute atomic E-state index is 0.0825. The monoisotopic (exact) mass is 272 g/mol. The molecule has 0 saturated carbocycles. The van der Waals surface area contributed by atoms with Gasteiger partial charge in [-0.2, -0.15) is 0 Å². The van der Waals surface area contributed by atoms with Crippen molar-refractivity contribution in [2.75, 3.05) is 20.2 Å². The molecule has 1 aliphatic rings. The van der Waals surface area contributed by atoms with Crippen LogP contribution in [0.2, 0.25) is 0 Å². The van der Waals surface area contributed by atoms with Crippen LogP contribution in [0.1, 0.15) is 34.1 Å².